The fourth-order valence-corrected chi connectivity index (χ4v) is 3.06. The highest BCUT2D eigenvalue weighted by Gasteiger charge is 2.39. The Morgan fingerprint density at radius 1 is 1.53 bits per heavy atom. The number of nitrogens with one attached hydrogen (secondary N) is 1. The van der Waals surface area contributed by atoms with Gasteiger partial charge in [0.2, 0.25) is 0 Å². The van der Waals surface area contributed by atoms with Crippen molar-refractivity contribution in [3.05, 3.63) is 16.4 Å². The second-order valence-electron chi connectivity index (χ2n) is 4.90. The van der Waals surface area contributed by atoms with Gasteiger partial charge in [-0.2, -0.15) is 5.10 Å². The molecule has 6 heteroatoms. The molecular weight excluding hydrogens is 310 g/mol. The number of likely N-dealkylation sites (N-methyl/N-ethyl adjacent to an activating group) is 1. The number of hydrogen-bond acceptors (Lipinski definition) is 4. The van der Waals surface area contributed by atoms with Crippen molar-refractivity contribution in [1.82, 2.24) is 15.1 Å². The molecule has 108 valence electrons. The molecule has 1 aromatic rings. The third kappa shape index (κ3) is 3.37. The van der Waals surface area contributed by atoms with Crippen molar-refractivity contribution in [2.24, 2.45) is 5.92 Å². The maximum Gasteiger partial charge on any atom is 0.0809 e. The van der Waals surface area contributed by atoms with Crippen molar-refractivity contribution in [2.75, 3.05) is 27.9 Å². The van der Waals surface area contributed by atoms with E-state index in [1.807, 2.05) is 17.9 Å². The monoisotopic (exact) mass is 331 g/mol. The van der Waals surface area contributed by atoms with Gasteiger partial charge >= 0.3 is 0 Å². The van der Waals surface area contributed by atoms with Gasteiger partial charge in [0.1, 0.15) is 0 Å². The predicted octanol–water partition coefficient (Wildman–Crippen LogP) is 1.98. The van der Waals surface area contributed by atoms with Gasteiger partial charge in [-0.05, 0) is 41.7 Å². The molecule has 1 heterocycles. The molecule has 2 rings (SSSR count). The Kier molecular flexibility index (Phi) is 5.38. The van der Waals surface area contributed by atoms with E-state index in [0.29, 0.717) is 12.5 Å². The lowest BCUT2D eigenvalue weighted by atomic mass is 10.0. The molecule has 0 saturated heterocycles. The van der Waals surface area contributed by atoms with Gasteiger partial charge in [0.15, 0.2) is 0 Å². The minimum atomic E-state index is 0.145. The summed E-state index contributed by atoms with van der Waals surface area (Å²) in [6, 6.07) is 0.145. The van der Waals surface area contributed by atoms with E-state index < -0.39 is 0 Å². The highest BCUT2D eigenvalue weighted by molar-refractivity contribution is 9.10. The molecule has 2 atom stereocenters. The minimum absolute atomic E-state index is 0.145. The average molecular weight is 332 g/mol. The second kappa shape index (κ2) is 6.83. The third-order valence-corrected chi connectivity index (χ3v) is 4.24. The van der Waals surface area contributed by atoms with Crippen molar-refractivity contribution in [1.29, 1.82) is 0 Å². The first-order valence-corrected chi connectivity index (χ1v) is 7.42. The van der Waals surface area contributed by atoms with Crippen LogP contribution in [0.1, 0.15) is 24.6 Å². The Hall–Kier alpha value is -0.430. The largest absolute Gasteiger partial charge is 0.383 e. The normalized spacial score (nSPS) is 18.5. The van der Waals surface area contributed by atoms with Crippen molar-refractivity contribution in [2.45, 2.75) is 31.5 Å². The Morgan fingerprint density at radius 3 is 2.79 bits per heavy atom. The molecule has 2 unspecified atom stereocenters. The predicted molar refractivity (Wildman–Crippen MR) is 77.1 cm³/mol. The van der Waals surface area contributed by atoms with E-state index >= 15 is 0 Å². The van der Waals surface area contributed by atoms with E-state index in [0.717, 1.165) is 16.7 Å². The molecule has 0 aliphatic heterocycles. The second-order valence-corrected chi connectivity index (χ2v) is 5.75. The molecule has 0 radical (unpaired) electrons. The topological polar surface area (TPSA) is 48.3 Å². The van der Waals surface area contributed by atoms with Crippen LogP contribution < -0.4 is 5.32 Å². The van der Waals surface area contributed by atoms with Gasteiger partial charge in [-0.15, -0.1) is 0 Å². The molecule has 1 N–H and O–H groups in total. The first kappa shape index (κ1) is 15.0. The van der Waals surface area contributed by atoms with Crippen LogP contribution in [0.4, 0.5) is 0 Å². The summed E-state index contributed by atoms with van der Waals surface area (Å²) < 4.78 is 13.9. The zero-order chi connectivity index (χ0) is 13.8. The van der Waals surface area contributed by atoms with E-state index in [1.165, 1.54) is 12.8 Å². The van der Waals surface area contributed by atoms with Crippen LogP contribution in [-0.2, 0) is 16.0 Å². The molecular formula is C13H22BrN3O2. The summed E-state index contributed by atoms with van der Waals surface area (Å²) in [5, 5.41) is 7.79. The lowest BCUT2D eigenvalue weighted by Crippen LogP contribution is -2.35. The molecule has 0 amide bonds. The van der Waals surface area contributed by atoms with Crippen molar-refractivity contribution in [3.8, 4) is 0 Å². The fourth-order valence-electron chi connectivity index (χ4n) is 2.52. The number of hydrogen-bond donors (Lipinski definition) is 1. The van der Waals surface area contributed by atoms with Gasteiger partial charge in [0, 0.05) is 14.2 Å². The quantitative estimate of drug-likeness (QED) is 0.791. The molecule has 1 fully saturated rings. The number of nitrogens with zero attached hydrogens (tertiary/aromatic N) is 2. The van der Waals surface area contributed by atoms with E-state index in [1.54, 1.807) is 14.2 Å². The summed E-state index contributed by atoms with van der Waals surface area (Å²) >= 11 is 3.60. The summed E-state index contributed by atoms with van der Waals surface area (Å²) in [7, 11) is 5.46. The molecule has 1 aromatic heterocycles. The van der Waals surface area contributed by atoms with E-state index in [4.69, 9.17) is 9.47 Å². The smallest absolute Gasteiger partial charge is 0.0809 e. The van der Waals surface area contributed by atoms with Crippen LogP contribution >= 0.6 is 15.9 Å². The van der Waals surface area contributed by atoms with E-state index in [2.05, 4.69) is 26.3 Å². The van der Waals surface area contributed by atoms with Crippen LogP contribution in [0.3, 0.4) is 0 Å². The molecule has 0 aromatic carbocycles. The van der Waals surface area contributed by atoms with Gasteiger partial charge in [0.25, 0.3) is 0 Å². The number of methoxy groups -OCH3 is 2. The van der Waals surface area contributed by atoms with Crippen LogP contribution in [0.25, 0.3) is 0 Å². The summed E-state index contributed by atoms with van der Waals surface area (Å²) in [4.78, 5) is 0. The maximum atomic E-state index is 5.71. The summed E-state index contributed by atoms with van der Waals surface area (Å²) in [5.41, 5.74) is 1.14. The summed E-state index contributed by atoms with van der Waals surface area (Å²) in [5.74, 6) is 0.653. The van der Waals surface area contributed by atoms with Crippen LogP contribution in [0, 0.1) is 5.92 Å². The van der Waals surface area contributed by atoms with Gasteiger partial charge in [-0.25, -0.2) is 0 Å². The number of rotatable bonds is 8. The zero-order valence-corrected chi connectivity index (χ0v) is 13.3. The Labute approximate surface area is 122 Å². The van der Waals surface area contributed by atoms with E-state index in [9.17, 15) is 0 Å². The van der Waals surface area contributed by atoms with Crippen molar-refractivity contribution >= 4 is 15.9 Å². The van der Waals surface area contributed by atoms with Gasteiger partial charge in [-0.3, -0.25) is 4.68 Å². The zero-order valence-electron chi connectivity index (χ0n) is 11.7. The lowest BCUT2D eigenvalue weighted by Gasteiger charge is -2.27. The average Bonchev–Trinajstić information content (AvgIpc) is 3.19. The number of aromatic nitrogens is 2. The van der Waals surface area contributed by atoms with Crippen molar-refractivity contribution < 1.29 is 9.47 Å². The SMILES string of the molecule is CNC(c1c(Br)cnn1CCOC)C(OC)C1CC1. The van der Waals surface area contributed by atoms with Gasteiger partial charge in [0.05, 0.1) is 41.7 Å². The summed E-state index contributed by atoms with van der Waals surface area (Å²) in [6.45, 7) is 1.40. The fraction of sp³-hybridized carbons (Fsp3) is 0.769. The van der Waals surface area contributed by atoms with Crippen LogP contribution in [0.15, 0.2) is 10.7 Å². The molecule has 1 saturated carbocycles. The van der Waals surface area contributed by atoms with Crippen molar-refractivity contribution in [3.63, 3.8) is 0 Å². The molecule has 19 heavy (non-hydrogen) atoms. The number of halogens is 1. The molecule has 5 nitrogen and oxygen atoms in total. The van der Waals surface area contributed by atoms with E-state index in [-0.39, 0.29) is 12.1 Å². The summed E-state index contributed by atoms with van der Waals surface area (Å²) in [6.07, 6.45) is 4.54. The molecule has 1 aliphatic carbocycles. The highest BCUT2D eigenvalue weighted by atomic mass is 79.9. The Balaban J connectivity index is 2.23. The maximum absolute atomic E-state index is 5.71. The van der Waals surface area contributed by atoms with Gasteiger partial charge < -0.3 is 14.8 Å². The molecule has 0 spiro atoms. The Bertz CT molecular complexity index is 407. The number of ether oxygens (including phenoxy) is 2. The van der Waals surface area contributed by atoms with Gasteiger partial charge in [-0.1, -0.05) is 0 Å². The van der Waals surface area contributed by atoms with Crippen LogP contribution in [-0.4, -0.2) is 43.8 Å². The lowest BCUT2D eigenvalue weighted by molar-refractivity contribution is 0.0496. The molecule has 0 bridgehead atoms. The standard InChI is InChI=1S/C13H22BrN3O2/c1-15-11(13(19-3)9-4-5-9)12-10(14)8-16-17(12)6-7-18-2/h8-9,11,13,15H,4-7H2,1-3H3. The van der Waals surface area contributed by atoms with Crippen LogP contribution in [0.2, 0.25) is 0 Å². The minimum Gasteiger partial charge on any atom is -0.383 e. The highest BCUT2D eigenvalue weighted by Crippen LogP contribution is 2.40. The first-order chi connectivity index (χ1) is 9.22. The van der Waals surface area contributed by atoms with Crippen LogP contribution in [0.5, 0.6) is 0 Å². The molecule has 1 aliphatic rings. The first-order valence-electron chi connectivity index (χ1n) is 6.63. The Morgan fingerprint density at radius 2 is 2.26 bits per heavy atom. The third-order valence-electron chi connectivity index (χ3n) is 3.63.